The van der Waals surface area contributed by atoms with E-state index in [0.29, 0.717) is 5.41 Å². The van der Waals surface area contributed by atoms with Gasteiger partial charge in [0.2, 0.25) is 0 Å². The Balaban J connectivity index is 2.32. The van der Waals surface area contributed by atoms with Gasteiger partial charge in [-0.15, -0.1) is 0 Å². The fourth-order valence-electron chi connectivity index (χ4n) is 2.00. The molecule has 0 heteroatoms. The van der Waals surface area contributed by atoms with Gasteiger partial charge in [0.15, 0.2) is 0 Å². The summed E-state index contributed by atoms with van der Waals surface area (Å²) in [5, 5.41) is 0. The Labute approximate surface area is 50.6 Å². The molecular formula is C8H12. The standard InChI is InChI=1S/C8H12/c1-6-7-3-4-8(6,2)5-7/h3-4,6-7H,5H2,1-2H3. The van der Waals surface area contributed by atoms with Gasteiger partial charge in [0.25, 0.3) is 0 Å². The number of hydrogen-bond donors (Lipinski definition) is 0. The van der Waals surface area contributed by atoms with Crippen molar-refractivity contribution >= 4 is 0 Å². The molecule has 0 aromatic rings. The van der Waals surface area contributed by atoms with Gasteiger partial charge in [-0.25, -0.2) is 0 Å². The van der Waals surface area contributed by atoms with E-state index in [1.807, 2.05) is 0 Å². The minimum atomic E-state index is 0.616. The van der Waals surface area contributed by atoms with Crippen molar-refractivity contribution in [3.8, 4) is 0 Å². The molecule has 3 aliphatic carbocycles. The Morgan fingerprint density at radius 2 is 2.38 bits per heavy atom. The van der Waals surface area contributed by atoms with Crippen LogP contribution in [-0.2, 0) is 0 Å². The van der Waals surface area contributed by atoms with Crippen LogP contribution in [0.25, 0.3) is 0 Å². The van der Waals surface area contributed by atoms with Gasteiger partial charge in [-0.3, -0.25) is 0 Å². The molecule has 0 saturated heterocycles. The van der Waals surface area contributed by atoms with Crippen LogP contribution < -0.4 is 0 Å². The molecule has 2 bridgehead atoms. The maximum atomic E-state index is 2.39. The highest BCUT2D eigenvalue weighted by molar-refractivity contribution is 5.21. The van der Waals surface area contributed by atoms with E-state index in [9.17, 15) is 0 Å². The summed E-state index contributed by atoms with van der Waals surface area (Å²) < 4.78 is 0. The van der Waals surface area contributed by atoms with Crippen LogP contribution in [0.3, 0.4) is 0 Å². The van der Waals surface area contributed by atoms with E-state index in [2.05, 4.69) is 26.0 Å². The molecule has 3 unspecified atom stereocenters. The summed E-state index contributed by atoms with van der Waals surface area (Å²) in [4.78, 5) is 0. The molecule has 0 aromatic carbocycles. The van der Waals surface area contributed by atoms with Crippen molar-refractivity contribution in [3.05, 3.63) is 12.2 Å². The molecule has 44 valence electrons. The van der Waals surface area contributed by atoms with Crippen LogP contribution in [0, 0.1) is 17.3 Å². The van der Waals surface area contributed by atoms with Gasteiger partial charge >= 0.3 is 0 Å². The molecule has 0 N–H and O–H groups in total. The molecule has 0 radical (unpaired) electrons. The van der Waals surface area contributed by atoms with E-state index in [0.717, 1.165) is 11.8 Å². The second-order valence-electron chi connectivity index (χ2n) is 3.52. The van der Waals surface area contributed by atoms with Crippen LogP contribution in [-0.4, -0.2) is 0 Å². The van der Waals surface area contributed by atoms with E-state index in [-0.39, 0.29) is 0 Å². The smallest absolute Gasteiger partial charge is 0.0110 e. The quantitative estimate of drug-likeness (QED) is 0.417. The van der Waals surface area contributed by atoms with Crippen LogP contribution in [0.15, 0.2) is 12.2 Å². The van der Waals surface area contributed by atoms with E-state index in [4.69, 9.17) is 0 Å². The monoisotopic (exact) mass is 108 g/mol. The molecular weight excluding hydrogens is 96.1 g/mol. The third-order valence-corrected chi connectivity index (χ3v) is 3.08. The van der Waals surface area contributed by atoms with Gasteiger partial charge < -0.3 is 0 Å². The summed E-state index contributed by atoms with van der Waals surface area (Å²) in [6.07, 6.45) is 6.20. The number of allylic oxidation sites excluding steroid dienone is 2. The highest BCUT2D eigenvalue weighted by atomic mass is 14.5. The van der Waals surface area contributed by atoms with Crippen molar-refractivity contribution in [1.29, 1.82) is 0 Å². The summed E-state index contributed by atoms with van der Waals surface area (Å²) in [6.45, 7) is 4.71. The Morgan fingerprint density at radius 1 is 1.62 bits per heavy atom. The topological polar surface area (TPSA) is 0 Å². The maximum Gasteiger partial charge on any atom is -0.0110 e. The fourth-order valence-corrected chi connectivity index (χ4v) is 2.00. The molecule has 0 aliphatic heterocycles. The van der Waals surface area contributed by atoms with Gasteiger partial charge in [-0.2, -0.15) is 0 Å². The van der Waals surface area contributed by atoms with Gasteiger partial charge in [-0.05, 0) is 23.7 Å². The second-order valence-corrected chi connectivity index (χ2v) is 3.52. The Hall–Kier alpha value is -0.260. The maximum absolute atomic E-state index is 2.39. The molecule has 3 atom stereocenters. The molecule has 0 spiro atoms. The average Bonchev–Trinajstić information content (AvgIpc) is 2.21. The van der Waals surface area contributed by atoms with Crippen molar-refractivity contribution in [3.63, 3.8) is 0 Å². The molecule has 0 nitrogen and oxygen atoms in total. The highest BCUT2D eigenvalue weighted by Gasteiger charge is 2.48. The van der Waals surface area contributed by atoms with Crippen LogP contribution in [0.5, 0.6) is 0 Å². The van der Waals surface area contributed by atoms with Crippen LogP contribution in [0.1, 0.15) is 20.3 Å². The molecule has 1 fully saturated rings. The largest absolute Gasteiger partial charge is 0.0845 e. The van der Waals surface area contributed by atoms with E-state index in [1.54, 1.807) is 0 Å². The molecule has 0 amide bonds. The zero-order valence-corrected chi connectivity index (χ0v) is 5.52. The Bertz CT molecular complexity index is 146. The first kappa shape index (κ1) is 4.60. The van der Waals surface area contributed by atoms with Crippen molar-refractivity contribution in [2.45, 2.75) is 20.3 Å². The minimum Gasteiger partial charge on any atom is -0.0845 e. The predicted octanol–water partition coefficient (Wildman–Crippen LogP) is 2.22. The lowest BCUT2D eigenvalue weighted by molar-refractivity contribution is 0.0930. The Morgan fingerprint density at radius 3 is 2.50 bits per heavy atom. The van der Waals surface area contributed by atoms with Crippen LogP contribution >= 0.6 is 0 Å². The third-order valence-electron chi connectivity index (χ3n) is 3.08. The van der Waals surface area contributed by atoms with E-state index in [1.165, 1.54) is 6.42 Å². The van der Waals surface area contributed by atoms with Gasteiger partial charge in [-0.1, -0.05) is 26.0 Å². The number of hydrogen-bond acceptors (Lipinski definition) is 0. The summed E-state index contributed by atoms with van der Waals surface area (Å²) >= 11 is 0. The van der Waals surface area contributed by atoms with Crippen LogP contribution in [0.4, 0.5) is 0 Å². The molecule has 0 aromatic heterocycles. The summed E-state index contributed by atoms with van der Waals surface area (Å²) in [5.41, 5.74) is 0.616. The van der Waals surface area contributed by atoms with Crippen molar-refractivity contribution in [1.82, 2.24) is 0 Å². The van der Waals surface area contributed by atoms with Gasteiger partial charge in [0.1, 0.15) is 0 Å². The predicted molar refractivity (Wildman–Crippen MR) is 34.5 cm³/mol. The molecule has 8 heavy (non-hydrogen) atoms. The lowest BCUT2D eigenvalue weighted by Crippen LogP contribution is -2.36. The lowest BCUT2D eigenvalue weighted by atomic mass is 9.61. The molecule has 1 saturated carbocycles. The first-order valence-corrected chi connectivity index (χ1v) is 3.42. The fraction of sp³-hybridized carbons (Fsp3) is 0.750. The average molecular weight is 108 g/mol. The lowest BCUT2D eigenvalue weighted by Gasteiger charge is -2.43. The van der Waals surface area contributed by atoms with Crippen molar-refractivity contribution in [2.24, 2.45) is 17.3 Å². The first-order chi connectivity index (χ1) is 3.72. The van der Waals surface area contributed by atoms with Gasteiger partial charge in [0, 0.05) is 0 Å². The Kier molecular flexibility index (Phi) is 0.588. The normalized spacial score (nSPS) is 58.8. The van der Waals surface area contributed by atoms with Gasteiger partial charge in [0.05, 0.1) is 0 Å². The highest BCUT2D eigenvalue weighted by Crippen LogP contribution is 2.57. The SMILES string of the molecule is CC1C2C=CC1(C)C2. The van der Waals surface area contributed by atoms with Crippen LogP contribution in [0.2, 0.25) is 0 Å². The molecule has 3 aliphatic rings. The second kappa shape index (κ2) is 1.02. The summed E-state index contributed by atoms with van der Waals surface area (Å²) in [6, 6.07) is 0. The third kappa shape index (κ3) is 0.300. The zero-order valence-electron chi connectivity index (χ0n) is 5.52. The summed E-state index contributed by atoms with van der Waals surface area (Å²) in [5.74, 6) is 1.89. The number of rotatable bonds is 0. The van der Waals surface area contributed by atoms with E-state index < -0.39 is 0 Å². The molecule has 3 rings (SSSR count). The zero-order chi connectivity index (χ0) is 5.78. The van der Waals surface area contributed by atoms with Crippen molar-refractivity contribution < 1.29 is 0 Å². The molecule has 0 heterocycles. The summed E-state index contributed by atoms with van der Waals surface area (Å²) in [7, 11) is 0. The van der Waals surface area contributed by atoms with Crippen molar-refractivity contribution in [2.75, 3.05) is 0 Å². The van der Waals surface area contributed by atoms with E-state index >= 15 is 0 Å². The minimum absolute atomic E-state index is 0.616. The first-order valence-electron chi connectivity index (χ1n) is 3.42.